The second-order valence-corrected chi connectivity index (χ2v) is 7.85. The summed E-state index contributed by atoms with van der Waals surface area (Å²) >= 11 is 0. The van der Waals surface area contributed by atoms with E-state index in [0.29, 0.717) is 36.3 Å². The van der Waals surface area contributed by atoms with Gasteiger partial charge in [-0.1, -0.05) is 6.07 Å². The lowest BCUT2D eigenvalue weighted by atomic mass is 10.1. The van der Waals surface area contributed by atoms with E-state index in [9.17, 15) is 13.6 Å². The molecule has 32 heavy (non-hydrogen) atoms. The van der Waals surface area contributed by atoms with Gasteiger partial charge in [-0.05, 0) is 37.8 Å². The van der Waals surface area contributed by atoms with Crippen LogP contribution in [-0.2, 0) is 6.67 Å². The molecule has 0 saturated heterocycles. The van der Waals surface area contributed by atoms with Gasteiger partial charge in [-0.25, -0.2) is 9.37 Å². The third-order valence-corrected chi connectivity index (χ3v) is 5.43. The third kappa shape index (κ3) is 3.88. The van der Waals surface area contributed by atoms with E-state index in [2.05, 4.69) is 14.7 Å². The van der Waals surface area contributed by atoms with E-state index < -0.39 is 12.4 Å². The summed E-state index contributed by atoms with van der Waals surface area (Å²) in [5, 5.41) is 0. The molecule has 0 radical (unpaired) electrons. The molecule has 0 unspecified atom stereocenters. The molecule has 0 N–H and O–H groups in total. The van der Waals surface area contributed by atoms with Crippen LogP contribution in [0.25, 0.3) is 11.3 Å². The summed E-state index contributed by atoms with van der Waals surface area (Å²) in [4.78, 5) is 22.6. The predicted molar refractivity (Wildman–Crippen MR) is 107 cm³/mol. The molecule has 1 aliphatic heterocycles. The van der Waals surface area contributed by atoms with E-state index in [1.165, 1.54) is 30.3 Å². The lowest BCUT2D eigenvalue weighted by Gasteiger charge is -2.16. The molecule has 0 bridgehead atoms. The number of nitrogens with zero attached hydrogens (tertiary/aromatic N) is 4. The lowest BCUT2D eigenvalue weighted by molar-refractivity contribution is -0.0530. The van der Waals surface area contributed by atoms with Crippen molar-refractivity contribution in [1.29, 1.82) is 0 Å². The average Bonchev–Trinajstić information content (AvgIpc) is 3.43. The summed E-state index contributed by atoms with van der Waals surface area (Å²) in [6.45, 7) is -0.236. The number of halogens is 3. The van der Waals surface area contributed by atoms with Crippen molar-refractivity contribution in [2.45, 2.75) is 33.0 Å². The van der Waals surface area contributed by atoms with Crippen molar-refractivity contribution in [3.05, 3.63) is 53.7 Å². The summed E-state index contributed by atoms with van der Waals surface area (Å²) in [7, 11) is 0. The van der Waals surface area contributed by atoms with Gasteiger partial charge in [0.25, 0.3) is 5.91 Å². The van der Waals surface area contributed by atoms with Gasteiger partial charge in [-0.3, -0.25) is 4.79 Å². The zero-order chi connectivity index (χ0) is 22.4. The first-order valence-corrected chi connectivity index (χ1v) is 10.1. The number of hydrogen-bond acceptors (Lipinski definition) is 5. The maximum atomic E-state index is 15.1. The van der Waals surface area contributed by atoms with Crippen LogP contribution >= 0.6 is 0 Å². The van der Waals surface area contributed by atoms with Gasteiger partial charge in [0.2, 0.25) is 17.6 Å². The van der Waals surface area contributed by atoms with E-state index in [0.717, 1.165) is 12.8 Å². The first-order valence-electron chi connectivity index (χ1n) is 10.1. The number of alkyl halides is 2. The molecule has 1 aromatic carbocycles. The molecule has 2 aliphatic rings. The largest absolute Gasteiger partial charge is 0.439 e. The molecule has 1 saturated carbocycles. The average molecular weight is 444 g/mol. The highest BCUT2D eigenvalue weighted by atomic mass is 19.3. The molecule has 1 aliphatic carbocycles. The normalized spacial score (nSPS) is 15.4. The Hall–Kier alpha value is -3.56. The van der Waals surface area contributed by atoms with Crippen LogP contribution in [0, 0.1) is 18.7 Å². The highest BCUT2D eigenvalue weighted by molar-refractivity contribution is 5.94. The topological polar surface area (TPSA) is 69.5 Å². The Kier molecular flexibility index (Phi) is 4.99. The van der Waals surface area contributed by atoms with Gasteiger partial charge in [0.05, 0.1) is 18.1 Å². The number of benzene rings is 1. The number of imidazole rings is 1. The number of carbonyl (C=O) groups is 1. The van der Waals surface area contributed by atoms with Gasteiger partial charge in [-0.2, -0.15) is 13.8 Å². The van der Waals surface area contributed by atoms with Crippen LogP contribution in [0.4, 0.5) is 13.2 Å². The van der Waals surface area contributed by atoms with Gasteiger partial charge < -0.3 is 18.9 Å². The third-order valence-electron chi connectivity index (χ3n) is 5.43. The van der Waals surface area contributed by atoms with Crippen molar-refractivity contribution in [2.24, 2.45) is 5.92 Å². The maximum absolute atomic E-state index is 15.1. The quantitative estimate of drug-likeness (QED) is 0.532. The molecule has 1 fully saturated rings. The molecular weight excluding hydrogens is 425 g/mol. The van der Waals surface area contributed by atoms with Gasteiger partial charge in [-0.15, -0.1) is 0 Å². The number of ether oxygens (including phenoxy) is 2. The highest BCUT2D eigenvalue weighted by Crippen LogP contribution is 2.36. The molecule has 0 spiro atoms. The SMILES string of the molecule is Cc1nc2n(c1-c1ccc(Oc3cccc(OC(F)F)n3)cc1F)CN(CC1CC1)C2=O. The van der Waals surface area contributed by atoms with Crippen molar-refractivity contribution in [1.82, 2.24) is 19.4 Å². The summed E-state index contributed by atoms with van der Waals surface area (Å²) in [6.07, 6.45) is 2.25. The fourth-order valence-corrected chi connectivity index (χ4v) is 3.83. The van der Waals surface area contributed by atoms with Gasteiger partial charge in [0, 0.05) is 30.3 Å². The Balaban J connectivity index is 1.39. The number of rotatable bonds is 7. The van der Waals surface area contributed by atoms with E-state index in [1.54, 1.807) is 22.5 Å². The number of pyridine rings is 1. The molecular formula is C22H19F3N4O3. The molecule has 0 atom stereocenters. The number of carbonyl (C=O) groups excluding carboxylic acids is 1. The maximum Gasteiger partial charge on any atom is 0.388 e. The first kappa shape index (κ1) is 20.3. The summed E-state index contributed by atoms with van der Waals surface area (Å²) in [5.41, 5.74) is 1.39. The molecule has 2 aromatic heterocycles. The standard InChI is InChI=1S/C22H19F3N4O3/c1-12-19(29-11-28(10-13-5-6-13)21(30)20(29)26-12)15-8-7-14(9-16(15)23)31-17-3-2-4-18(27-17)32-22(24)25/h2-4,7-9,13,22H,5-6,10-11H2,1H3. The molecule has 10 heteroatoms. The Morgan fingerprint density at radius 3 is 2.66 bits per heavy atom. The summed E-state index contributed by atoms with van der Waals surface area (Å²) in [6, 6.07) is 8.40. The zero-order valence-electron chi connectivity index (χ0n) is 17.1. The van der Waals surface area contributed by atoms with Crippen LogP contribution in [0.2, 0.25) is 0 Å². The Labute approximate surface area is 181 Å². The predicted octanol–water partition coefficient (Wildman–Crippen LogP) is 4.61. The molecule has 3 aromatic rings. The number of aromatic nitrogens is 3. The van der Waals surface area contributed by atoms with Gasteiger partial charge >= 0.3 is 6.61 Å². The van der Waals surface area contributed by atoms with Crippen LogP contribution in [0.15, 0.2) is 36.4 Å². The van der Waals surface area contributed by atoms with E-state index in [4.69, 9.17) is 4.74 Å². The fourth-order valence-electron chi connectivity index (χ4n) is 3.83. The second-order valence-electron chi connectivity index (χ2n) is 7.85. The van der Waals surface area contributed by atoms with Crippen molar-refractivity contribution in [3.8, 4) is 28.8 Å². The second kappa shape index (κ2) is 7.85. The fraction of sp³-hybridized carbons (Fsp3) is 0.318. The molecule has 1 amide bonds. The number of fused-ring (bicyclic) bond motifs is 1. The minimum absolute atomic E-state index is 0.0157. The van der Waals surface area contributed by atoms with Crippen molar-refractivity contribution in [3.63, 3.8) is 0 Å². The molecule has 5 rings (SSSR count). The van der Waals surface area contributed by atoms with Crippen LogP contribution < -0.4 is 9.47 Å². The first-order chi connectivity index (χ1) is 15.4. The number of aryl methyl sites for hydroxylation is 1. The van der Waals surface area contributed by atoms with Crippen LogP contribution in [0.1, 0.15) is 29.2 Å². The van der Waals surface area contributed by atoms with Gasteiger partial charge in [0.1, 0.15) is 11.6 Å². The van der Waals surface area contributed by atoms with E-state index in [1.807, 2.05) is 0 Å². The number of hydrogen-bond donors (Lipinski definition) is 0. The zero-order valence-corrected chi connectivity index (χ0v) is 17.1. The van der Waals surface area contributed by atoms with Crippen LogP contribution in [-0.4, -0.2) is 38.5 Å². The van der Waals surface area contributed by atoms with E-state index in [-0.39, 0.29) is 29.0 Å². The smallest absolute Gasteiger partial charge is 0.388 e. The van der Waals surface area contributed by atoms with Crippen LogP contribution in [0.5, 0.6) is 17.5 Å². The van der Waals surface area contributed by atoms with Crippen LogP contribution in [0.3, 0.4) is 0 Å². The van der Waals surface area contributed by atoms with Gasteiger partial charge in [0.15, 0.2) is 0 Å². The minimum atomic E-state index is -3.01. The van der Waals surface area contributed by atoms with Crippen molar-refractivity contribution >= 4 is 5.91 Å². The molecule has 7 nitrogen and oxygen atoms in total. The highest BCUT2D eigenvalue weighted by Gasteiger charge is 2.36. The molecule has 166 valence electrons. The number of amides is 1. The Bertz CT molecular complexity index is 1190. The Morgan fingerprint density at radius 2 is 1.94 bits per heavy atom. The molecule has 3 heterocycles. The Morgan fingerprint density at radius 1 is 1.16 bits per heavy atom. The lowest BCUT2D eigenvalue weighted by Crippen LogP contribution is -2.27. The summed E-state index contributed by atoms with van der Waals surface area (Å²) < 4.78 is 51.3. The van der Waals surface area contributed by atoms with Crippen molar-refractivity contribution < 1.29 is 27.4 Å². The van der Waals surface area contributed by atoms with Crippen molar-refractivity contribution in [2.75, 3.05) is 6.54 Å². The minimum Gasteiger partial charge on any atom is -0.439 e. The monoisotopic (exact) mass is 444 g/mol. The van der Waals surface area contributed by atoms with E-state index >= 15 is 4.39 Å². The summed E-state index contributed by atoms with van der Waals surface area (Å²) in [5.74, 6) is -0.0287.